The van der Waals surface area contributed by atoms with E-state index in [9.17, 15) is 18.0 Å². The van der Waals surface area contributed by atoms with Crippen molar-refractivity contribution < 1.29 is 37.8 Å². The van der Waals surface area contributed by atoms with Crippen molar-refractivity contribution >= 4 is 17.8 Å². The Balaban J connectivity index is 0.000000604. The Bertz CT molecular complexity index is 970. The molecule has 7 nitrogen and oxygen atoms in total. The zero-order valence-electron chi connectivity index (χ0n) is 18.7. The quantitative estimate of drug-likeness (QED) is 0.633. The number of carbonyl (C=O) groups is 3. The van der Waals surface area contributed by atoms with Gasteiger partial charge in [0.25, 0.3) is 0 Å². The molecule has 3 rings (SSSR count). The van der Waals surface area contributed by atoms with Gasteiger partial charge in [-0.25, -0.2) is 9.59 Å². The average Bonchev–Trinajstić information content (AvgIpc) is 2.79. The van der Waals surface area contributed by atoms with Crippen LogP contribution in [-0.4, -0.2) is 58.0 Å². The molecule has 0 radical (unpaired) electrons. The van der Waals surface area contributed by atoms with Crippen molar-refractivity contribution in [1.29, 1.82) is 0 Å². The summed E-state index contributed by atoms with van der Waals surface area (Å²) in [6, 6.07) is 15.4. The summed E-state index contributed by atoms with van der Waals surface area (Å²) < 4.78 is 39.7. The van der Waals surface area contributed by atoms with E-state index < -0.39 is 23.7 Å². The van der Waals surface area contributed by atoms with Gasteiger partial charge in [0.15, 0.2) is 0 Å². The topological polar surface area (TPSA) is 98.2 Å². The third-order valence-corrected chi connectivity index (χ3v) is 5.39. The number of likely N-dealkylation sites (tertiary alicyclic amines) is 1. The molecule has 1 unspecified atom stereocenters. The number of carboxylic acid groups (broad SMARTS) is 2. The van der Waals surface area contributed by atoms with Crippen LogP contribution >= 0.6 is 0 Å². The lowest BCUT2D eigenvalue weighted by atomic mass is 9.95. The molecule has 1 heterocycles. The number of amides is 1. The lowest BCUT2D eigenvalue weighted by Gasteiger charge is -2.34. The Morgan fingerprint density at radius 3 is 2.18 bits per heavy atom. The molecule has 1 saturated heterocycles. The molecular formula is C24H27F3N2O5. The highest BCUT2D eigenvalue weighted by Gasteiger charge is 2.34. The molecule has 184 valence electrons. The molecule has 1 amide bonds. The highest BCUT2D eigenvalue weighted by atomic mass is 19.4. The fraction of sp³-hybridized carbons (Fsp3) is 0.375. The third kappa shape index (κ3) is 8.18. The molecule has 1 atom stereocenters. The SMILES string of the molecule is CN(Cc1ccccc1)C(=O)C1CCCN(Cc2ccccc2C(F)(F)F)C1.O=C(O)C(=O)O. The standard InChI is InChI=1S/C22H25F3N2O.C2H2O4/c1-26(14-17-8-3-2-4-9-17)21(28)19-11-7-13-27(16-19)15-18-10-5-6-12-20(18)22(23,24)25;3-1(4)2(5)6/h2-6,8-10,12,19H,7,11,13-16H2,1H3;(H,3,4)(H,5,6). The van der Waals surface area contributed by atoms with Gasteiger partial charge in [-0.2, -0.15) is 13.2 Å². The smallest absolute Gasteiger partial charge is 0.416 e. The van der Waals surface area contributed by atoms with Crippen LogP contribution in [0.25, 0.3) is 0 Å². The van der Waals surface area contributed by atoms with Gasteiger partial charge >= 0.3 is 18.1 Å². The number of nitrogens with zero attached hydrogens (tertiary/aromatic N) is 2. The molecule has 1 aliphatic heterocycles. The number of hydrogen-bond acceptors (Lipinski definition) is 4. The number of aliphatic carboxylic acids is 2. The van der Waals surface area contributed by atoms with Gasteiger partial charge in [-0.1, -0.05) is 48.5 Å². The Morgan fingerprint density at radius 1 is 1.00 bits per heavy atom. The van der Waals surface area contributed by atoms with Gasteiger partial charge < -0.3 is 15.1 Å². The number of hydrogen-bond donors (Lipinski definition) is 2. The first-order chi connectivity index (χ1) is 16.0. The number of piperidine rings is 1. The maximum atomic E-state index is 13.2. The van der Waals surface area contributed by atoms with Crippen LogP contribution in [0.1, 0.15) is 29.5 Å². The number of carboxylic acids is 2. The van der Waals surface area contributed by atoms with Crippen LogP contribution in [0.5, 0.6) is 0 Å². The molecule has 1 aliphatic rings. The predicted octanol–water partition coefficient (Wildman–Crippen LogP) is 3.73. The fourth-order valence-electron chi connectivity index (χ4n) is 3.82. The van der Waals surface area contributed by atoms with Gasteiger partial charge in [-0.15, -0.1) is 0 Å². The number of benzene rings is 2. The summed E-state index contributed by atoms with van der Waals surface area (Å²) in [7, 11) is 1.78. The third-order valence-electron chi connectivity index (χ3n) is 5.39. The molecule has 2 aromatic rings. The van der Waals surface area contributed by atoms with Crippen LogP contribution in [-0.2, 0) is 33.6 Å². The van der Waals surface area contributed by atoms with Crippen LogP contribution < -0.4 is 0 Å². The van der Waals surface area contributed by atoms with Crippen LogP contribution in [0.15, 0.2) is 54.6 Å². The van der Waals surface area contributed by atoms with E-state index in [1.165, 1.54) is 12.1 Å². The Labute approximate surface area is 195 Å². The van der Waals surface area contributed by atoms with E-state index in [2.05, 4.69) is 0 Å². The molecule has 1 fully saturated rings. The predicted molar refractivity (Wildman–Crippen MR) is 118 cm³/mol. The molecule has 0 spiro atoms. The summed E-state index contributed by atoms with van der Waals surface area (Å²) in [5, 5.41) is 14.8. The van der Waals surface area contributed by atoms with Gasteiger partial charge in [-0.05, 0) is 36.6 Å². The van der Waals surface area contributed by atoms with Gasteiger partial charge in [0.2, 0.25) is 5.91 Å². The Morgan fingerprint density at radius 2 is 1.59 bits per heavy atom. The summed E-state index contributed by atoms with van der Waals surface area (Å²) in [5.74, 6) is -3.77. The lowest BCUT2D eigenvalue weighted by Crippen LogP contribution is -2.43. The first kappa shape index (κ1) is 26.8. The molecule has 0 bridgehead atoms. The van der Waals surface area contributed by atoms with Gasteiger partial charge in [0, 0.05) is 26.7 Å². The van der Waals surface area contributed by atoms with Crippen LogP contribution in [0.4, 0.5) is 13.2 Å². The molecule has 34 heavy (non-hydrogen) atoms. The molecule has 0 aromatic heterocycles. The van der Waals surface area contributed by atoms with E-state index in [1.807, 2.05) is 35.2 Å². The minimum Gasteiger partial charge on any atom is -0.473 e. The minimum absolute atomic E-state index is 0.0534. The first-order valence-corrected chi connectivity index (χ1v) is 10.6. The van der Waals surface area contributed by atoms with Crippen molar-refractivity contribution in [3.8, 4) is 0 Å². The van der Waals surface area contributed by atoms with Gasteiger partial charge in [-0.3, -0.25) is 9.69 Å². The lowest BCUT2D eigenvalue weighted by molar-refractivity contribution is -0.159. The zero-order valence-corrected chi connectivity index (χ0v) is 18.7. The first-order valence-electron chi connectivity index (χ1n) is 10.6. The summed E-state index contributed by atoms with van der Waals surface area (Å²) in [5.41, 5.74) is 0.732. The molecular weight excluding hydrogens is 453 g/mol. The maximum Gasteiger partial charge on any atom is 0.416 e. The second kappa shape index (κ2) is 12.2. The van der Waals surface area contributed by atoms with Crippen molar-refractivity contribution in [3.05, 3.63) is 71.3 Å². The number of rotatable bonds is 5. The van der Waals surface area contributed by atoms with Crippen molar-refractivity contribution in [1.82, 2.24) is 9.80 Å². The highest BCUT2D eigenvalue weighted by molar-refractivity contribution is 6.27. The summed E-state index contributed by atoms with van der Waals surface area (Å²) in [4.78, 5) is 34.7. The zero-order chi connectivity index (χ0) is 25.3. The summed E-state index contributed by atoms with van der Waals surface area (Å²) >= 11 is 0. The number of halogens is 3. The van der Waals surface area contributed by atoms with E-state index in [4.69, 9.17) is 19.8 Å². The number of alkyl halides is 3. The maximum absolute atomic E-state index is 13.2. The molecule has 2 N–H and O–H groups in total. The van der Waals surface area contributed by atoms with E-state index >= 15 is 0 Å². The van der Waals surface area contributed by atoms with E-state index in [0.717, 1.165) is 24.5 Å². The van der Waals surface area contributed by atoms with Crippen molar-refractivity contribution in [2.45, 2.75) is 32.1 Å². The Hall–Kier alpha value is -3.40. The minimum atomic E-state index is -4.36. The summed E-state index contributed by atoms with van der Waals surface area (Å²) in [6.45, 7) is 1.94. The second-order valence-electron chi connectivity index (χ2n) is 8.02. The molecule has 0 aliphatic carbocycles. The second-order valence-corrected chi connectivity index (χ2v) is 8.02. The molecule has 0 saturated carbocycles. The molecule has 2 aromatic carbocycles. The van der Waals surface area contributed by atoms with E-state index in [0.29, 0.717) is 19.6 Å². The van der Waals surface area contributed by atoms with Crippen LogP contribution in [0, 0.1) is 5.92 Å². The normalized spacial score (nSPS) is 16.2. The number of carbonyl (C=O) groups excluding carboxylic acids is 1. The van der Waals surface area contributed by atoms with Gasteiger partial charge in [0.1, 0.15) is 0 Å². The van der Waals surface area contributed by atoms with Crippen molar-refractivity contribution in [3.63, 3.8) is 0 Å². The fourth-order valence-corrected chi connectivity index (χ4v) is 3.82. The molecule has 10 heteroatoms. The van der Waals surface area contributed by atoms with Crippen LogP contribution in [0.3, 0.4) is 0 Å². The van der Waals surface area contributed by atoms with E-state index in [1.54, 1.807) is 18.0 Å². The van der Waals surface area contributed by atoms with Gasteiger partial charge in [0.05, 0.1) is 11.5 Å². The van der Waals surface area contributed by atoms with Crippen molar-refractivity contribution in [2.24, 2.45) is 5.92 Å². The average molecular weight is 480 g/mol. The van der Waals surface area contributed by atoms with Crippen molar-refractivity contribution in [2.75, 3.05) is 20.1 Å². The Kier molecular flexibility index (Phi) is 9.61. The highest BCUT2D eigenvalue weighted by Crippen LogP contribution is 2.33. The largest absolute Gasteiger partial charge is 0.473 e. The monoisotopic (exact) mass is 480 g/mol. The summed E-state index contributed by atoms with van der Waals surface area (Å²) in [6.07, 6.45) is -2.78. The van der Waals surface area contributed by atoms with E-state index in [-0.39, 0.29) is 23.9 Å². The van der Waals surface area contributed by atoms with Crippen LogP contribution in [0.2, 0.25) is 0 Å².